The molecular formula is C11H12N3O5+. The summed E-state index contributed by atoms with van der Waals surface area (Å²) in [6.07, 6.45) is -1.46. The van der Waals surface area contributed by atoms with Crippen LogP contribution in [0.3, 0.4) is 0 Å². The van der Waals surface area contributed by atoms with E-state index in [-0.39, 0.29) is 17.9 Å². The van der Waals surface area contributed by atoms with E-state index in [1.165, 1.54) is 24.3 Å². The summed E-state index contributed by atoms with van der Waals surface area (Å²) in [5.74, 6) is -0.712. The van der Waals surface area contributed by atoms with Crippen LogP contribution < -0.4 is 0 Å². The second kappa shape index (κ2) is 6.32. The number of hydrogen-bond acceptors (Lipinski definition) is 6. The van der Waals surface area contributed by atoms with Gasteiger partial charge in [-0.2, -0.15) is 0 Å². The van der Waals surface area contributed by atoms with Crippen LogP contribution in [0, 0.1) is 15.5 Å². The van der Waals surface area contributed by atoms with E-state index in [0.29, 0.717) is 0 Å². The van der Waals surface area contributed by atoms with E-state index < -0.39 is 22.7 Å². The Bertz CT molecular complexity index is 532. The maximum atomic E-state index is 10.5. The van der Waals surface area contributed by atoms with Gasteiger partial charge in [0.2, 0.25) is 5.39 Å². The summed E-state index contributed by atoms with van der Waals surface area (Å²) in [6.45, 7) is 1.72. The average Bonchev–Trinajstić information content (AvgIpc) is 2.39. The Kier molecular flexibility index (Phi) is 4.79. The molecule has 0 radical (unpaired) electrons. The number of aliphatic hydroxyl groups is 2. The van der Waals surface area contributed by atoms with Crippen molar-refractivity contribution in [3.05, 3.63) is 56.6 Å². The van der Waals surface area contributed by atoms with Crippen LogP contribution in [-0.2, 0) is 4.74 Å². The van der Waals surface area contributed by atoms with Gasteiger partial charge in [-0.1, -0.05) is 0 Å². The van der Waals surface area contributed by atoms with Gasteiger partial charge < -0.3 is 14.9 Å². The molecule has 0 heterocycles. The summed E-state index contributed by atoms with van der Waals surface area (Å²) < 4.78 is 4.71. The van der Waals surface area contributed by atoms with Crippen LogP contribution in [0.25, 0.3) is 4.98 Å². The van der Waals surface area contributed by atoms with Crippen LogP contribution in [0.1, 0.15) is 18.6 Å². The second-order valence-electron chi connectivity index (χ2n) is 3.47. The Hall–Kier alpha value is -2.66. The fourth-order valence-corrected chi connectivity index (χ4v) is 1.36. The van der Waals surface area contributed by atoms with Crippen molar-refractivity contribution in [2.24, 2.45) is 0 Å². The number of aliphatic hydroxyl groups excluding tert-OH is 2. The number of ether oxygens (including phenoxy) is 1. The Labute approximate surface area is 108 Å². The molecule has 1 aromatic carbocycles. The molecule has 0 aliphatic rings. The lowest BCUT2D eigenvalue weighted by Crippen LogP contribution is -2.04. The summed E-state index contributed by atoms with van der Waals surface area (Å²) in [5, 5.41) is 38.5. The lowest BCUT2D eigenvalue weighted by atomic mass is 10.1. The molecule has 0 saturated heterocycles. The minimum absolute atomic E-state index is 0.123. The highest BCUT2D eigenvalue weighted by Gasteiger charge is 2.32. The van der Waals surface area contributed by atoms with Crippen LogP contribution in [0.2, 0.25) is 0 Å². The molecule has 100 valence electrons. The topological polar surface area (TPSA) is 121 Å². The molecule has 1 atom stereocenters. The summed E-state index contributed by atoms with van der Waals surface area (Å²) >= 11 is 0. The van der Waals surface area contributed by atoms with Crippen molar-refractivity contribution in [1.29, 1.82) is 5.39 Å². The van der Waals surface area contributed by atoms with Gasteiger partial charge in [0.25, 0.3) is 5.69 Å². The molecule has 0 spiro atoms. The fourth-order valence-electron chi connectivity index (χ4n) is 1.36. The molecule has 0 aliphatic heterocycles. The zero-order chi connectivity index (χ0) is 14.4. The van der Waals surface area contributed by atoms with Crippen LogP contribution in [0.4, 0.5) is 5.69 Å². The van der Waals surface area contributed by atoms with Gasteiger partial charge in [-0.15, -0.1) is 0 Å². The van der Waals surface area contributed by atoms with E-state index in [2.05, 4.69) is 4.98 Å². The molecule has 0 fully saturated rings. The molecule has 0 aromatic heterocycles. The molecule has 1 rings (SSSR count). The second-order valence-corrected chi connectivity index (χ2v) is 3.47. The molecule has 19 heavy (non-hydrogen) atoms. The maximum Gasteiger partial charge on any atom is 0.472 e. The van der Waals surface area contributed by atoms with Crippen LogP contribution in [0.5, 0.6) is 0 Å². The predicted octanol–water partition coefficient (Wildman–Crippen LogP) is 2.24. The van der Waals surface area contributed by atoms with Crippen molar-refractivity contribution in [3.63, 3.8) is 0 Å². The largest absolute Gasteiger partial charge is 0.475 e. The number of rotatable bonds is 5. The smallest absolute Gasteiger partial charge is 0.472 e. The Morgan fingerprint density at radius 2 is 2.11 bits per heavy atom. The van der Waals surface area contributed by atoms with Gasteiger partial charge in [0.1, 0.15) is 0 Å². The summed E-state index contributed by atoms with van der Waals surface area (Å²) in [7, 11) is 0. The van der Waals surface area contributed by atoms with E-state index >= 15 is 0 Å². The number of nitrogens with zero attached hydrogens (tertiary/aromatic N) is 3. The van der Waals surface area contributed by atoms with Gasteiger partial charge in [0.15, 0.2) is 11.1 Å². The molecule has 8 heteroatoms. The third-order valence-corrected chi connectivity index (χ3v) is 2.29. The Balaban J connectivity index is 3.05. The number of non-ortho nitro benzene ring substituents is 1. The lowest BCUT2D eigenvalue weighted by Gasteiger charge is -2.04. The Morgan fingerprint density at radius 3 is 2.53 bits per heavy atom. The third-order valence-electron chi connectivity index (χ3n) is 2.29. The van der Waals surface area contributed by atoms with Crippen molar-refractivity contribution in [2.45, 2.75) is 13.0 Å². The molecular weight excluding hydrogens is 254 g/mol. The molecule has 0 aliphatic carbocycles. The van der Waals surface area contributed by atoms with Crippen LogP contribution in [-0.4, -0.2) is 21.7 Å². The number of hydrogen-bond donors (Lipinski definition) is 2. The first-order valence-corrected chi connectivity index (χ1v) is 5.34. The van der Waals surface area contributed by atoms with Crippen LogP contribution in [0.15, 0.2) is 35.9 Å². The first-order chi connectivity index (χ1) is 9.01. The minimum Gasteiger partial charge on any atom is -0.475 e. The van der Waals surface area contributed by atoms with Gasteiger partial charge >= 0.3 is 11.6 Å². The van der Waals surface area contributed by atoms with Crippen molar-refractivity contribution in [1.82, 2.24) is 0 Å². The monoisotopic (exact) mass is 266 g/mol. The SMILES string of the molecule is CCO/C(O)=C(\[N+]#N)C(O)c1ccc([N+](=O)[O-])cc1. The number of diazo groups is 1. The van der Waals surface area contributed by atoms with Crippen molar-refractivity contribution < 1.29 is 19.9 Å². The number of nitro benzene ring substituents is 1. The van der Waals surface area contributed by atoms with Crippen LogP contribution >= 0.6 is 0 Å². The molecule has 0 saturated carbocycles. The Morgan fingerprint density at radius 1 is 1.53 bits per heavy atom. The summed E-state index contributed by atoms with van der Waals surface area (Å²) in [5.41, 5.74) is -0.406. The molecule has 8 nitrogen and oxygen atoms in total. The molecule has 1 unspecified atom stereocenters. The van der Waals surface area contributed by atoms with E-state index in [9.17, 15) is 20.3 Å². The zero-order valence-electron chi connectivity index (χ0n) is 10.1. The maximum absolute atomic E-state index is 10.5. The van der Waals surface area contributed by atoms with Gasteiger partial charge in [-0.3, -0.25) is 10.1 Å². The summed E-state index contributed by atoms with van der Waals surface area (Å²) in [4.78, 5) is 12.7. The minimum atomic E-state index is -1.46. The van der Waals surface area contributed by atoms with E-state index in [0.717, 1.165) is 0 Å². The highest BCUT2D eigenvalue weighted by molar-refractivity contribution is 5.37. The fraction of sp³-hybridized carbons (Fsp3) is 0.273. The average molecular weight is 266 g/mol. The molecule has 2 N–H and O–H groups in total. The zero-order valence-corrected chi connectivity index (χ0v) is 10.1. The summed E-state index contributed by atoms with van der Waals surface area (Å²) in [6, 6.07) is 4.94. The number of benzene rings is 1. The highest BCUT2D eigenvalue weighted by Crippen LogP contribution is 2.26. The van der Waals surface area contributed by atoms with Crippen molar-refractivity contribution in [3.8, 4) is 0 Å². The van der Waals surface area contributed by atoms with Gasteiger partial charge in [0.05, 0.1) is 11.5 Å². The predicted molar refractivity (Wildman–Crippen MR) is 64.4 cm³/mol. The normalized spacial score (nSPS) is 13.1. The molecule has 0 amide bonds. The van der Waals surface area contributed by atoms with E-state index in [1.54, 1.807) is 6.92 Å². The first-order valence-electron chi connectivity index (χ1n) is 5.34. The standard InChI is InChI=1S/C11H11N3O5/c1-2-19-11(16)9(13-12)10(15)7-3-5-8(6-4-7)14(17)18/h3-6,10,15H,2H2,1H3/p+1/b11-9-. The van der Waals surface area contributed by atoms with Gasteiger partial charge in [0, 0.05) is 12.1 Å². The van der Waals surface area contributed by atoms with Crippen molar-refractivity contribution >= 4 is 5.69 Å². The van der Waals surface area contributed by atoms with Gasteiger partial charge in [-0.05, 0) is 24.6 Å². The van der Waals surface area contributed by atoms with E-state index in [1.807, 2.05) is 0 Å². The molecule has 0 bridgehead atoms. The molecule has 1 aromatic rings. The quantitative estimate of drug-likeness (QED) is 0.365. The number of nitro groups is 1. The first kappa shape index (κ1) is 14.4. The van der Waals surface area contributed by atoms with Crippen molar-refractivity contribution in [2.75, 3.05) is 6.61 Å². The van der Waals surface area contributed by atoms with Gasteiger partial charge in [-0.25, -0.2) is 0 Å². The highest BCUT2D eigenvalue weighted by atomic mass is 16.6. The third kappa shape index (κ3) is 3.40. The van der Waals surface area contributed by atoms with E-state index in [4.69, 9.17) is 10.1 Å². The lowest BCUT2D eigenvalue weighted by molar-refractivity contribution is -0.384.